The fourth-order valence-electron chi connectivity index (χ4n) is 2.13. The number of benzene rings is 1. The first kappa shape index (κ1) is 14.9. The van der Waals surface area contributed by atoms with Crippen LogP contribution >= 0.6 is 11.6 Å². The van der Waals surface area contributed by atoms with Crippen LogP contribution < -0.4 is 10.6 Å². The Bertz CT molecular complexity index is 543. The van der Waals surface area contributed by atoms with Crippen molar-refractivity contribution in [3.63, 3.8) is 0 Å². The first-order chi connectivity index (χ1) is 9.40. The average Bonchev–Trinajstić information content (AvgIpc) is 3.14. The van der Waals surface area contributed by atoms with Crippen molar-refractivity contribution in [1.82, 2.24) is 5.32 Å². The molecule has 2 N–H and O–H groups in total. The molecule has 0 bridgehead atoms. The minimum atomic E-state index is -0.230. The molecule has 2 amide bonds. The number of hydrogen-bond donors (Lipinski definition) is 2. The van der Waals surface area contributed by atoms with Crippen LogP contribution in [0.15, 0.2) is 18.2 Å². The number of rotatable bonds is 4. The standard InChI is InChI=1S/C15H19ClN2O2/c1-8(2)17-14(19)10-7-11(10)15(20)18-13-6-4-5-12(16)9(13)3/h4-6,8,10-11H,7H2,1-3H3,(H,17,19)(H,18,20). The van der Waals surface area contributed by atoms with Gasteiger partial charge in [-0.1, -0.05) is 17.7 Å². The Morgan fingerprint density at radius 1 is 1.25 bits per heavy atom. The summed E-state index contributed by atoms with van der Waals surface area (Å²) in [5.41, 5.74) is 1.55. The molecule has 20 heavy (non-hydrogen) atoms. The highest BCUT2D eigenvalue weighted by Gasteiger charge is 2.48. The summed E-state index contributed by atoms with van der Waals surface area (Å²) >= 11 is 6.01. The number of anilines is 1. The molecule has 5 heteroatoms. The molecule has 1 aliphatic rings. The lowest BCUT2D eigenvalue weighted by Crippen LogP contribution is -2.32. The van der Waals surface area contributed by atoms with Crippen LogP contribution in [0.1, 0.15) is 25.8 Å². The van der Waals surface area contributed by atoms with E-state index < -0.39 is 0 Å². The number of halogens is 1. The molecular formula is C15H19ClN2O2. The Kier molecular flexibility index (Phi) is 4.33. The van der Waals surface area contributed by atoms with Gasteiger partial charge in [0.2, 0.25) is 11.8 Å². The molecule has 108 valence electrons. The van der Waals surface area contributed by atoms with E-state index >= 15 is 0 Å². The number of amides is 2. The molecule has 0 radical (unpaired) electrons. The first-order valence-electron chi connectivity index (χ1n) is 6.76. The van der Waals surface area contributed by atoms with Gasteiger partial charge in [-0.05, 0) is 44.9 Å². The van der Waals surface area contributed by atoms with Crippen LogP contribution in [0.4, 0.5) is 5.69 Å². The molecule has 1 saturated carbocycles. The van der Waals surface area contributed by atoms with Gasteiger partial charge < -0.3 is 10.6 Å². The molecule has 2 atom stereocenters. The highest BCUT2D eigenvalue weighted by molar-refractivity contribution is 6.31. The van der Waals surface area contributed by atoms with Gasteiger partial charge in [-0.25, -0.2) is 0 Å². The maximum atomic E-state index is 12.1. The summed E-state index contributed by atoms with van der Waals surface area (Å²) in [7, 11) is 0. The van der Waals surface area contributed by atoms with Crippen LogP contribution in [-0.4, -0.2) is 17.9 Å². The van der Waals surface area contributed by atoms with Crippen LogP contribution in [0.2, 0.25) is 5.02 Å². The first-order valence-corrected chi connectivity index (χ1v) is 7.14. The second kappa shape index (κ2) is 5.83. The summed E-state index contributed by atoms with van der Waals surface area (Å²) in [6.07, 6.45) is 0.615. The summed E-state index contributed by atoms with van der Waals surface area (Å²) in [5, 5.41) is 6.30. The monoisotopic (exact) mass is 294 g/mol. The van der Waals surface area contributed by atoms with Crippen molar-refractivity contribution < 1.29 is 9.59 Å². The lowest BCUT2D eigenvalue weighted by atomic mass is 10.2. The van der Waals surface area contributed by atoms with Gasteiger partial charge in [0.1, 0.15) is 0 Å². The van der Waals surface area contributed by atoms with Gasteiger partial charge in [-0.15, -0.1) is 0 Å². The highest BCUT2D eigenvalue weighted by Crippen LogP contribution is 2.40. The van der Waals surface area contributed by atoms with Crippen LogP contribution in [0.5, 0.6) is 0 Å². The van der Waals surface area contributed by atoms with Crippen molar-refractivity contribution in [3.05, 3.63) is 28.8 Å². The third kappa shape index (κ3) is 3.31. The third-order valence-corrected chi connectivity index (χ3v) is 3.83. The van der Waals surface area contributed by atoms with E-state index in [1.807, 2.05) is 26.8 Å². The van der Waals surface area contributed by atoms with Crippen molar-refractivity contribution in [2.24, 2.45) is 11.8 Å². The summed E-state index contributed by atoms with van der Waals surface area (Å²) < 4.78 is 0. The molecule has 0 heterocycles. The topological polar surface area (TPSA) is 58.2 Å². The summed E-state index contributed by atoms with van der Waals surface area (Å²) in [6, 6.07) is 5.48. The zero-order chi connectivity index (χ0) is 14.9. The zero-order valence-electron chi connectivity index (χ0n) is 11.9. The van der Waals surface area contributed by atoms with E-state index in [1.165, 1.54) is 0 Å². The third-order valence-electron chi connectivity index (χ3n) is 3.42. The average molecular weight is 295 g/mol. The van der Waals surface area contributed by atoms with Crippen molar-refractivity contribution in [3.8, 4) is 0 Å². The van der Waals surface area contributed by atoms with Crippen molar-refractivity contribution >= 4 is 29.1 Å². The molecule has 1 aromatic rings. The summed E-state index contributed by atoms with van der Waals surface area (Å²) in [4.78, 5) is 23.9. The van der Waals surface area contributed by atoms with Gasteiger partial charge in [0.05, 0.1) is 11.8 Å². The lowest BCUT2D eigenvalue weighted by molar-refractivity contribution is -0.125. The maximum absolute atomic E-state index is 12.1. The van der Waals surface area contributed by atoms with E-state index in [4.69, 9.17) is 11.6 Å². The van der Waals surface area contributed by atoms with E-state index in [-0.39, 0.29) is 29.7 Å². The molecular weight excluding hydrogens is 276 g/mol. The lowest BCUT2D eigenvalue weighted by Gasteiger charge is -2.10. The van der Waals surface area contributed by atoms with Gasteiger partial charge in [-0.3, -0.25) is 9.59 Å². The van der Waals surface area contributed by atoms with Crippen LogP contribution in [0.25, 0.3) is 0 Å². The van der Waals surface area contributed by atoms with E-state index in [0.29, 0.717) is 17.1 Å². The second-order valence-electron chi connectivity index (χ2n) is 5.51. The van der Waals surface area contributed by atoms with Gasteiger partial charge in [0.15, 0.2) is 0 Å². The minimum absolute atomic E-state index is 0.0389. The maximum Gasteiger partial charge on any atom is 0.228 e. The van der Waals surface area contributed by atoms with Crippen molar-refractivity contribution in [1.29, 1.82) is 0 Å². The van der Waals surface area contributed by atoms with E-state index in [2.05, 4.69) is 10.6 Å². The Balaban J connectivity index is 1.94. The van der Waals surface area contributed by atoms with E-state index in [9.17, 15) is 9.59 Å². The molecule has 1 fully saturated rings. The van der Waals surface area contributed by atoms with Crippen LogP contribution in [0, 0.1) is 18.8 Å². The van der Waals surface area contributed by atoms with Gasteiger partial charge in [0.25, 0.3) is 0 Å². The molecule has 1 aliphatic carbocycles. The Morgan fingerprint density at radius 3 is 2.55 bits per heavy atom. The largest absolute Gasteiger partial charge is 0.354 e. The van der Waals surface area contributed by atoms with E-state index in [1.54, 1.807) is 12.1 Å². The number of carbonyl (C=O) groups is 2. The number of carbonyl (C=O) groups excluding carboxylic acids is 2. The Hall–Kier alpha value is -1.55. The van der Waals surface area contributed by atoms with Crippen LogP contribution in [-0.2, 0) is 9.59 Å². The Labute approximate surface area is 123 Å². The van der Waals surface area contributed by atoms with Gasteiger partial charge >= 0.3 is 0 Å². The quantitative estimate of drug-likeness (QED) is 0.897. The molecule has 0 spiro atoms. The fourth-order valence-corrected chi connectivity index (χ4v) is 2.31. The predicted octanol–water partition coefficient (Wildman–Crippen LogP) is 2.75. The summed E-state index contributed by atoms with van der Waals surface area (Å²) in [6.45, 7) is 5.67. The SMILES string of the molecule is Cc1c(Cl)cccc1NC(=O)C1CC1C(=O)NC(C)C. The molecule has 0 aromatic heterocycles. The molecule has 1 aromatic carbocycles. The van der Waals surface area contributed by atoms with Gasteiger partial charge in [-0.2, -0.15) is 0 Å². The number of hydrogen-bond acceptors (Lipinski definition) is 2. The highest BCUT2D eigenvalue weighted by atomic mass is 35.5. The molecule has 4 nitrogen and oxygen atoms in total. The van der Waals surface area contributed by atoms with Gasteiger partial charge in [0, 0.05) is 16.8 Å². The minimum Gasteiger partial charge on any atom is -0.354 e. The fraction of sp³-hybridized carbons (Fsp3) is 0.467. The van der Waals surface area contributed by atoms with Crippen molar-refractivity contribution in [2.45, 2.75) is 33.2 Å². The smallest absolute Gasteiger partial charge is 0.228 e. The zero-order valence-corrected chi connectivity index (χ0v) is 12.6. The Morgan fingerprint density at radius 2 is 1.90 bits per heavy atom. The van der Waals surface area contributed by atoms with E-state index in [0.717, 1.165) is 5.56 Å². The molecule has 2 rings (SSSR count). The second-order valence-corrected chi connectivity index (χ2v) is 5.92. The molecule has 0 aliphatic heterocycles. The predicted molar refractivity (Wildman–Crippen MR) is 79.7 cm³/mol. The normalized spacial score (nSPS) is 20.6. The number of nitrogens with one attached hydrogen (secondary N) is 2. The van der Waals surface area contributed by atoms with Crippen LogP contribution in [0.3, 0.4) is 0 Å². The molecule has 2 unspecified atom stereocenters. The van der Waals surface area contributed by atoms with Crippen molar-refractivity contribution in [2.75, 3.05) is 5.32 Å². The summed E-state index contributed by atoms with van der Waals surface area (Å²) in [5.74, 6) is -0.578. The molecule has 0 saturated heterocycles.